The van der Waals surface area contributed by atoms with Crippen LogP contribution in [0.4, 0.5) is 11.4 Å². The summed E-state index contributed by atoms with van der Waals surface area (Å²) in [5, 5.41) is 13.5. The molecule has 2 aromatic rings. The van der Waals surface area contributed by atoms with Crippen LogP contribution in [-0.4, -0.2) is 23.7 Å². The lowest BCUT2D eigenvalue weighted by Crippen LogP contribution is -2.31. The van der Waals surface area contributed by atoms with E-state index in [1.54, 1.807) is 18.2 Å². The number of rotatable bonds is 4. The van der Waals surface area contributed by atoms with Gasteiger partial charge in [-0.05, 0) is 48.7 Å². The molecule has 1 fully saturated rings. The fraction of sp³-hybridized carbons (Fsp3) is 0.182. The normalized spacial score (nSPS) is 20.5. The van der Waals surface area contributed by atoms with Crippen LogP contribution in [0.5, 0.6) is 0 Å². The molecule has 0 aromatic heterocycles. The van der Waals surface area contributed by atoms with Crippen LogP contribution in [0.2, 0.25) is 0 Å². The number of carbonyl (C=O) groups is 4. The molecule has 0 unspecified atom stereocenters. The lowest BCUT2D eigenvalue weighted by atomic mass is 9.85. The Morgan fingerprint density at radius 1 is 0.897 bits per heavy atom. The number of allylic oxidation sites excluding steroid dienone is 2. The first kappa shape index (κ1) is 18.6. The molecule has 7 heteroatoms. The third kappa shape index (κ3) is 3.42. The number of nitrogens with one attached hydrogen (secondary N) is 1. The Labute approximate surface area is 166 Å². The van der Waals surface area contributed by atoms with Crippen molar-refractivity contribution in [2.24, 2.45) is 11.8 Å². The minimum atomic E-state index is -1.30. The van der Waals surface area contributed by atoms with Crippen LogP contribution in [0, 0.1) is 11.8 Å². The number of hydrogen-bond donors (Lipinski definition) is 1. The standard InChI is InChI=1S/C22H18N2O5/c25-19(23-15-10-8-13(9-11-15)22(28)29)14-4-3-5-16(12-14)24-20(26)17-6-1-2-7-18(17)21(24)27/h1-5,8-12,17-18H,6-7H2,(H,23,25)(H,28,29)/p-1/t17-,18+. The van der Waals surface area contributed by atoms with Crippen LogP contribution >= 0.6 is 0 Å². The van der Waals surface area contributed by atoms with Crippen molar-refractivity contribution in [3.05, 3.63) is 71.8 Å². The van der Waals surface area contributed by atoms with Gasteiger partial charge in [-0.15, -0.1) is 0 Å². The Bertz CT molecular complexity index is 1020. The highest BCUT2D eigenvalue weighted by atomic mass is 16.4. The molecule has 0 saturated carbocycles. The van der Waals surface area contributed by atoms with Crippen LogP contribution in [-0.2, 0) is 9.59 Å². The maximum absolute atomic E-state index is 12.7. The summed E-state index contributed by atoms with van der Waals surface area (Å²) in [7, 11) is 0. The number of fused-ring (bicyclic) bond motifs is 1. The molecule has 2 atom stereocenters. The summed E-state index contributed by atoms with van der Waals surface area (Å²) >= 11 is 0. The smallest absolute Gasteiger partial charge is 0.255 e. The zero-order valence-electron chi connectivity index (χ0n) is 15.3. The molecule has 29 heavy (non-hydrogen) atoms. The fourth-order valence-corrected chi connectivity index (χ4v) is 3.73. The van der Waals surface area contributed by atoms with Gasteiger partial charge in [0.25, 0.3) is 5.91 Å². The molecule has 146 valence electrons. The van der Waals surface area contributed by atoms with Crippen molar-refractivity contribution in [3.8, 4) is 0 Å². The zero-order chi connectivity index (χ0) is 20.5. The molecular weight excluding hydrogens is 372 g/mol. The number of carboxylic acid groups (broad SMARTS) is 1. The summed E-state index contributed by atoms with van der Waals surface area (Å²) in [5.74, 6) is -2.89. The number of nitrogens with zero attached hydrogens (tertiary/aromatic N) is 1. The molecule has 1 N–H and O–H groups in total. The average Bonchev–Trinajstić information content (AvgIpc) is 2.99. The van der Waals surface area contributed by atoms with E-state index in [2.05, 4.69) is 5.32 Å². The van der Waals surface area contributed by atoms with Gasteiger partial charge in [0, 0.05) is 11.3 Å². The third-order valence-electron chi connectivity index (χ3n) is 5.25. The summed E-state index contributed by atoms with van der Waals surface area (Å²) in [4.78, 5) is 50.0. The molecule has 1 saturated heterocycles. The highest BCUT2D eigenvalue weighted by molar-refractivity contribution is 6.22. The molecule has 0 bridgehead atoms. The Kier molecular flexibility index (Phi) is 4.72. The maximum atomic E-state index is 12.7. The van der Waals surface area contributed by atoms with Gasteiger partial charge < -0.3 is 15.2 Å². The molecule has 3 amide bonds. The number of hydrogen-bond acceptors (Lipinski definition) is 5. The molecule has 1 heterocycles. The molecule has 1 aliphatic carbocycles. The van der Waals surface area contributed by atoms with E-state index in [4.69, 9.17) is 0 Å². The van der Waals surface area contributed by atoms with Crippen LogP contribution in [0.1, 0.15) is 33.6 Å². The summed E-state index contributed by atoms with van der Waals surface area (Å²) < 4.78 is 0. The minimum absolute atomic E-state index is 0.00649. The van der Waals surface area contributed by atoms with E-state index in [0.717, 1.165) is 0 Å². The van der Waals surface area contributed by atoms with Crippen molar-refractivity contribution in [2.75, 3.05) is 10.2 Å². The summed E-state index contributed by atoms with van der Waals surface area (Å²) in [5.41, 5.74) is 1.07. The van der Waals surface area contributed by atoms with E-state index in [0.29, 0.717) is 24.2 Å². The summed E-state index contributed by atoms with van der Waals surface area (Å²) in [6, 6.07) is 11.9. The van der Waals surface area contributed by atoms with E-state index in [-0.39, 0.29) is 34.8 Å². The monoisotopic (exact) mass is 389 g/mol. The van der Waals surface area contributed by atoms with E-state index in [1.165, 1.54) is 35.2 Å². The number of anilines is 2. The third-order valence-corrected chi connectivity index (χ3v) is 5.25. The number of imide groups is 1. The topological polar surface area (TPSA) is 107 Å². The Balaban J connectivity index is 1.54. The quantitative estimate of drug-likeness (QED) is 0.633. The van der Waals surface area contributed by atoms with Gasteiger partial charge in [-0.1, -0.05) is 30.4 Å². The minimum Gasteiger partial charge on any atom is -0.545 e. The second-order valence-electron chi connectivity index (χ2n) is 7.04. The molecule has 0 spiro atoms. The Hall–Kier alpha value is -3.74. The lowest BCUT2D eigenvalue weighted by molar-refractivity contribution is -0.255. The van der Waals surface area contributed by atoms with Gasteiger partial charge >= 0.3 is 0 Å². The lowest BCUT2D eigenvalue weighted by Gasteiger charge is -2.16. The van der Waals surface area contributed by atoms with Gasteiger partial charge in [-0.25, -0.2) is 0 Å². The fourth-order valence-electron chi connectivity index (χ4n) is 3.73. The first-order valence-corrected chi connectivity index (χ1v) is 9.21. The summed E-state index contributed by atoms with van der Waals surface area (Å²) in [6.07, 6.45) is 4.94. The average molecular weight is 389 g/mol. The largest absolute Gasteiger partial charge is 0.545 e. The molecule has 0 radical (unpaired) electrons. The maximum Gasteiger partial charge on any atom is 0.255 e. The van der Waals surface area contributed by atoms with Crippen LogP contribution in [0.3, 0.4) is 0 Å². The van der Waals surface area contributed by atoms with Crippen molar-refractivity contribution < 1.29 is 24.3 Å². The first-order valence-electron chi connectivity index (χ1n) is 9.21. The van der Waals surface area contributed by atoms with Crippen LogP contribution in [0.25, 0.3) is 0 Å². The van der Waals surface area contributed by atoms with E-state index in [9.17, 15) is 24.3 Å². The number of benzene rings is 2. The Morgan fingerprint density at radius 3 is 2.10 bits per heavy atom. The first-order chi connectivity index (χ1) is 14.0. The van der Waals surface area contributed by atoms with Gasteiger partial charge in [0.1, 0.15) is 0 Å². The van der Waals surface area contributed by atoms with Crippen LogP contribution < -0.4 is 15.3 Å². The predicted molar refractivity (Wildman–Crippen MR) is 103 cm³/mol. The number of carboxylic acids is 1. The van der Waals surface area contributed by atoms with Crippen molar-refractivity contribution in [1.29, 1.82) is 0 Å². The van der Waals surface area contributed by atoms with E-state index < -0.39 is 11.9 Å². The number of carbonyl (C=O) groups excluding carboxylic acids is 4. The van der Waals surface area contributed by atoms with Gasteiger partial charge in [0.15, 0.2) is 0 Å². The highest BCUT2D eigenvalue weighted by Crippen LogP contribution is 2.37. The molecule has 7 nitrogen and oxygen atoms in total. The van der Waals surface area contributed by atoms with Gasteiger partial charge in [0.2, 0.25) is 11.8 Å². The van der Waals surface area contributed by atoms with E-state index >= 15 is 0 Å². The molecule has 1 aliphatic heterocycles. The highest BCUT2D eigenvalue weighted by Gasteiger charge is 2.47. The van der Waals surface area contributed by atoms with Crippen molar-refractivity contribution in [2.45, 2.75) is 12.8 Å². The van der Waals surface area contributed by atoms with Crippen molar-refractivity contribution in [1.82, 2.24) is 0 Å². The second-order valence-corrected chi connectivity index (χ2v) is 7.04. The number of aromatic carboxylic acids is 1. The van der Waals surface area contributed by atoms with Gasteiger partial charge in [-0.2, -0.15) is 0 Å². The van der Waals surface area contributed by atoms with Gasteiger partial charge in [0.05, 0.1) is 23.5 Å². The van der Waals surface area contributed by atoms with E-state index in [1.807, 2.05) is 12.2 Å². The molecule has 4 rings (SSSR count). The molecular formula is C22H17N2O5-. The zero-order valence-corrected chi connectivity index (χ0v) is 15.3. The molecule has 2 aliphatic rings. The van der Waals surface area contributed by atoms with Gasteiger partial charge in [-0.3, -0.25) is 19.3 Å². The number of amides is 3. The summed E-state index contributed by atoms with van der Waals surface area (Å²) in [6.45, 7) is 0. The Morgan fingerprint density at radius 2 is 1.52 bits per heavy atom. The predicted octanol–water partition coefficient (Wildman–Crippen LogP) is 1.76. The second kappa shape index (κ2) is 7.35. The van der Waals surface area contributed by atoms with Crippen molar-refractivity contribution in [3.63, 3.8) is 0 Å². The SMILES string of the molecule is O=C([O-])c1ccc(NC(=O)c2cccc(N3C(=O)[C@H]4CC=CC[C@H]4C3=O)c2)cc1. The van der Waals surface area contributed by atoms with Crippen LogP contribution in [0.15, 0.2) is 60.7 Å². The van der Waals surface area contributed by atoms with Crippen molar-refractivity contribution >= 4 is 35.1 Å². The molecule has 2 aromatic carbocycles.